The highest BCUT2D eigenvalue weighted by Gasteiger charge is 2.25. The summed E-state index contributed by atoms with van der Waals surface area (Å²) in [5.74, 6) is 0.566. The van der Waals surface area contributed by atoms with E-state index in [4.69, 9.17) is 34.8 Å². The first-order valence-electron chi connectivity index (χ1n) is 8.49. The molecule has 2 aromatic carbocycles. The van der Waals surface area contributed by atoms with E-state index in [1.165, 1.54) is 6.08 Å². The summed E-state index contributed by atoms with van der Waals surface area (Å²) in [5.41, 5.74) is 1.66. The number of amides is 1. The maximum atomic E-state index is 12.9. The highest BCUT2D eigenvalue weighted by Crippen LogP contribution is 2.28. The molecule has 3 aromatic rings. The molecule has 0 spiro atoms. The lowest BCUT2D eigenvalue weighted by molar-refractivity contribution is -0.126. The summed E-state index contributed by atoms with van der Waals surface area (Å²) in [7, 11) is 3.64. The number of carbonyl (C=O) groups is 1. The summed E-state index contributed by atoms with van der Waals surface area (Å²) in [6.07, 6.45) is 6.74. The molecule has 0 bridgehead atoms. The highest BCUT2D eigenvalue weighted by atomic mass is 35.5. The van der Waals surface area contributed by atoms with Crippen molar-refractivity contribution in [2.45, 2.75) is 6.04 Å². The van der Waals surface area contributed by atoms with E-state index in [2.05, 4.69) is 4.98 Å². The summed E-state index contributed by atoms with van der Waals surface area (Å²) in [4.78, 5) is 19.0. The largest absolute Gasteiger partial charge is 0.336 e. The average molecular weight is 435 g/mol. The fourth-order valence-electron chi connectivity index (χ4n) is 2.92. The van der Waals surface area contributed by atoms with Crippen LogP contribution >= 0.6 is 34.8 Å². The van der Waals surface area contributed by atoms with Gasteiger partial charge in [0.2, 0.25) is 5.91 Å². The minimum Gasteiger partial charge on any atom is -0.336 e. The molecule has 28 heavy (non-hydrogen) atoms. The third kappa shape index (κ3) is 4.76. The van der Waals surface area contributed by atoms with Crippen LogP contribution in [-0.4, -0.2) is 27.4 Å². The Bertz CT molecular complexity index is 992. The third-order valence-electron chi connectivity index (χ3n) is 4.33. The van der Waals surface area contributed by atoms with Crippen LogP contribution in [0.1, 0.15) is 23.0 Å². The Balaban J connectivity index is 1.91. The predicted octanol–water partition coefficient (Wildman–Crippen LogP) is 5.64. The minimum atomic E-state index is -0.364. The summed E-state index contributed by atoms with van der Waals surface area (Å²) in [5, 5.41) is 1.66. The highest BCUT2D eigenvalue weighted by molar-refractivity contribution is 6.34. The van der Waals surface area contributed by atoms with Crippen molar-refractivity contribution in [2.24, 2.45) is 7.05 Å². The summed E-state index contributed by atoms with van der Waals surface area (Å²) >= 11 is 18.1. The summed E-state index contributed by atoms with van der Waals surface area (Å²) < 4.78 is 1.89. The lowest BCUT2D eigenvalue weighted by Crippen LogP contribution is -2.32. The van der Waals surface area contributed by atoms with Gasteiger partial charge >= 0.3 is 0 Å². The smallest absolute Gasteiger partial charge is 0.247 e. The van der Waals surface area contributed by atoms with Gasteiger partial charge in [-0.25, -0.2) is 4.98 Å². The molecule has 0 N–H and O–H groups in total. The number of aromatic nitrogens is 2. The molecule has 1 unspecified atom stereocenters. The first-order chi connectivity index (χ1) is 13.3. The van der Waals surface area contributed by atoms with Crippen molar-refractivity contribution >= 4 is 46.8 Å². The molecular weight excluding hydrogens is 417 g/mol. The van der Waals surface area contributed by atoms with E-state index in [1.807, 2.05) is 29.9 Å². The molecule has 7 heteroatoms. The van der Waals surface area contributed by atoms with Gasteiger partial charge in [0.05, 0.1) is 0 Å². The summed E-state index contributed by atoms with van der Waals surface area (Å²) in [6, 6.07) is 12.2. The second kappa shape index (κ2) is 8.82. The molecular formula is C21H18Cl3N3O. The van der Waals surface area contributed by atoms with E-state index in [0.29, 0.717) is 15.1 Å². The molecule has 0 aliphatic rings. The monoisotopic (exact) mass is 433 g/mol. The van der Waals surface area contributed by atoms with Gasteiger partial charge in [0.25, 0.3) is 0 Å². The van der Waals surface area contributed by atoms with Crippen LogP contribution in [0, 0.1) is 0 Å². The van der Waals surface area contributed by atoms with Gasteiger partial charge in [-0.1, -0.05) is 46.9 Å². The van der Waals surface area contributed by atoms with Crippen molar-refractivity contribution in [2.75, 3.05) is 7.05 Å². The van der Waals surface area contributed by atoms with Crippen molar-refractivity contribution in [1.29, 1.82) is 0 Å². The molecule has 144 valence electrons. The zero-order chi connectivity index (χ0) is 20.3. The van der Waals surface area contributed by atoms with Crippen LogP contribution < -0.4 is 0 Å². The summed E-state index contributed by atoms with van der Waals surface area (Å²) in [6.45, 7) is 0. The minimum absolute atomic E-state index is 0.181. The second-order valence-corrected chi connectivity index (χ2v) is 7.64. The quantitative estimate of drug-likeness (QED) is 0.487. The maximum absolute atomic E-state index is 12.9. The van der Waals surface area contributed by atoms with E-state index in [9.17, 15) is 4.79 Å². The fourth-order valence-corrected chi connectivity index (χ4v) is 3.58. The molecule has 3 rings (SSSR count). The third-order valence-corrected chi connectivity index (χ3v) is 5.02. The molecule has 0 saturated heterocycles. The van der Waals surface area contributed by atoms with E-state index in [0.717, 1.165) is 17.0 Å². The van der Waals surface area contributed by atoms with E-state index < -0.39 is 0 Å². The molecule has 0 radical (unpaired) electrons. The molecule has 0 aliphatic carbocycles. The number of nitrogens with zero attached hydrogens (tertiary/aromatic N) is 3. The van der Waals surface area contributed by atoms with Crippen LogP contribution in [0.25, 0.3) is 6.08 Å². The molecule has 1 amide bonds. The van der Waals surface area contributed by atoms with Crippen molar-refractivity contribution < 1.29 is 4.79 Å². The van der Waals surface area contributed by atoms with Crippen molar-refractivity contribution in [3.63, 3.8) is 0 Å². The topological polar surface area (TPSA) is 38.1 Å². The number of carbonyl (C=O) groups excluding carboxylic acids is 1. The van der Waals surface area contributed by atoms with Crippen LogP contribution in [0.5, 0.6) is 0 Å². The Kier molecular flexibility index (Phi) is 6.45. The Morgan fingerprint density at radius 1 is 1.07 bits per heavy atom. The van der Waals surface area contributed by atoms with Crippen LogP contribution in [0.2, 0.25) is 15.1 Å². The molecule has 0 saturated carbocycles. The van der Waals surface area contributed by atoms with Crippen molar-refractivity contribution in [3.05, 3.63) is 93.0 Å². The van der Waals surface area contributed by atoms with Gasteiger partial charge in [-0.05, 0) is 47.5 Å². The normalized spacial score (nSPS) is 12.3. The number of aryl methyl sites for hydroxylation is 1. The Morgan fingerprint density at radius 3 is 2.29 bits per heavy atom. The van der Waals surface area contributed by atoms with Gasteiger partial charge in [-0.3, -0.25) is 4.79 Å². The number of hydrogen-bond acceptors (Lipinski definition) is 2. The molecule has 1 atom stereocenters. The maximum Gasteiger partial charge on any atom is 0.247 e. The first-order valence-corrected chi connectivity index (χ1v) is 9.62. The number of hydrogen-bond donors (Lipinski definition) is 0. The van der Waals surface area contributed by atoms with Gasteiger partial charge in [0.15, 0.2) is 0 Å². The van der Waals surface area contributed by atoms with Gasteiger partial charge in [-0.2, -0.15) is 0 Å². The second-order valence-electron chi connectivity index (χ2n) is 6.34. The Labute approximate surface area is 179 Å². The van der Waals surface area contributed by atoms with E-state index >= 15 is 0 Å². The van der Waals surface area contributed by atoms with E-state index in [-0.39, 0.29) is 11.9 Å². The standard InChI is InChI=1S/C21H18Cl3N3O/c1-26-10-9-25-21(26)20(15-4-6-16(22)7-5-15)27(2)19(28)8-3-14-11-17(23)13-18(24)12-14/h3-13,20H,1-2H3. The van der Waals surface area contributed by atoms with Crippen molar-refractivity contribution in [3.8, 4) is 0 Å². The number of halogens is 3. The fraction of sp³-hybridized carbons (Fsp3) is 0.143. The first kappa shape index (κ1) is 20.5. The number of likely N-dealkylation sites (N-methyl/N-ethyl adjacent to an activating group) is 1. The average Bonchev–Trinajstić information content (AvgIpc) is 3.06. The predicted molar refractivity (Wildman–Crippen MR) is 115 cm³/mol. The SMILES string of the molecule is CN(C(=O)C=Cc1cc(Cl)cc(Cl)c1)C(c1ccc(Cl)cc1)c1nccn1C. The Hall–Kier alpha value is -2.27. The van der Waals surface area contributed by atoms with Crippen molar-refractivity contribution in [1.82, 2.24) is 14.5 Å². The number of benzene rings is 2. The molecule has 0 aliphatic heterocycles. The van der Waals surface area contributed by atoms with Gasteiger partial charge in [-0.15, -0.1) is 0 Å². The lowest BCUT2D eigenvalue weighted by Gasteiger charge is -2.27. The van der Waals surface area contributed by atoms with Gasteiger partial charge in [0, 0.05) is 47.6 Å². The van der Waals surface area contributed by atoms with Crippen LogP contribution in [0.3, 0.4) is 0 Å². The molecule has 0 fully saturated rings. The number of imidazole rings is 1. The van der Waals surface area contributed by atoms with Crippen LogP contribution in [0.15, 0.2) is 60.9 Å². The molecule has 4 nitrogen and oxygen atoms in total. The lowest BCUT2D eigenvalue weighted by atomic mass is 10.0. The van der Waals surface area contributed by atoms with Gasteiger partial charge < -0.3 is 9.47 Å². The molecule has 1 aromatic heterocycles. The molecule has 1 heterocycles. The zero-order valence-corrected chi connectivity index (χ0v) is 17.6. The number of rotatable bonds is 5. The van der Waals surface area contributed by atoms with Crippen LogP contribution in [-0.2, 0) is 11.8 Å². The zero-order valence-electron chi connectivity index (χ0n) is 15.3. The van der Waals surface area contributed by atoms with E-state index in [1.54, 1.807) is 54.6 Å². The van der Waals surface area contributed by atoms with Crippen LogP contribution in [0.4, 0.5) is 0 Å². The van der Waals surface area contributed by atoms with Gasteiger partial charge in [0.1, 0.15) is 11.9 Å². The Morgan fingerprint density at radius 2 is 1.71 bits per heavy atom.